The molecule has 6 nitrogen and oxygen atoms in total. The van der Waals surface area contributed by atoms with Crippen LogP contribution in [0.4, 0.5) is 0 Å². The number of nitrogens with one attached hydrogen (secondary N) is 2. The summed E-state index contributed by atoms with van der Waals surface area (Å²) in [6, 6.07) is 29.8. The van der Waals surface area contributed by atoms with E-state index in [9.17, 15) is 4.79 Å². The molecule has 3 aromatic carbocycles. The average Bonchev–Trinajstić information content (AvgIpc) is 4.08. The standard InChI is InChI=1S/C59H62N4O2/c1-15-41-44-21-23-46(60-44)52(35-29-37(56(3,4)5)33-38(30-35)57(6,7)8)48-25-27-50(62-48)54(42-19-17-18-20-43(42)55(64)65-16-2)51-28-26-49(63-51)53(47-24-22-45(41)61-47)36-31-39(58(9,10)11)34-40(32-36)59(12,13)14/h1,17-34,60,63H,16H2,2-14H3. The molecule has 0 atom stereocenters. The highest BCUT2D eigenvalue weighted by atomic mass is 16.5. The van der Waals surface area contributed by atoms with Crippen molar-refractivity contribution < 1.29 is 9.53 Å². The second-order valence-electron chi connectivity index (χ2n) is 21.5. The minimum atomic E-state index is -0.392. The zero-order chi connectivity index (χ0) is 46.8. The molecule has 3 aromatic heterocycles. The third kappa shape index (κ3) is 8.77. The van der Waals surface area contributed by atoms with Crippen LogP contribution in [0.1, 0.15) is 151 Å². The van der Waals surface area contributed by atoms with E-state index in [1.165, 1.54) is 22.3 Å². The SMILES string of the molecule is C#Cc1c2nc(c(-c3cc(C(C)(C)C)cc(C(C)(C)C)c3)c3ccc([nH]3)c(-c3ccccc3C(=O)OCC)c3nc(c(-c4cc(C(C)(C)C)cc(C(C)(C)C)c4)c4ccc1[nH]4)C=C3)C=C2. The highest BCUT2D eigenvalue weighted by Crippen LogP contribution is 2.42. The van der Waals surface area contributed by atoms with Crippen molar-refractivity contribution in [2.45, 2.75) is 112 Å². The summed E-state index contributed by atoms with van der Waals surface area (Å²) in [5, 5.41) is 0. The number of hydrogen-bond donors (Lipinski definition) is 2. The second-order valence-corrected chi connectivity index (χ2v) is 21.5. The third-order valence-corrected chi connectivity index (χ3v) is 12.5. The topological polar surface area (TPSA) is 83.7 Å². The van der Waals surface area contributed by atoms with E-state index in [0.29, 0.717) is 28.1 Å². The van der Waals surface area contributed by atoms with Crippen molar-refractivity contribution in [1.82, 2.24) is 19.9 Å². The molecule has 0 aliphatic carbocycles. The summed E-state index contributed by atoms with van der Waals surface area (Å²) >= 11 is 0. The number of carbonyl (C=O) groups is 1. The number of hydrogen-bond acceptors (Lipinski definition) is 4. The highest BCUT2D eigenvalue weighted by Gasteiger charge is 2.26. The molecule has 6 heteroatoms. The van der Waals surface area contributed by atoms with Gasteiger partial charge in [-0.05, 0) is 117 Å². The summed E-state index contributed by atoms with van der Waals surface area (Å²) < 4.78 is 5.66. The normalized spacial score (nSPS) is 13.0. The first-order chi connectivity index (χ1) is 30.5. The van der Waals surface area contributed by atoms with Gasteiger partial charge < -0.3 is 14.7 Å². The fourth-order valence-electron chi connectivity index (χ4n) is 8.61. The summed E-state index contributed by atoms with van der Waals surface area (Å²) in [4.78, 5) is 32.3. The predicted octanol–water partition coefficient (Wildman–Crippen LogP) is 15.0. The van der Waals surface area contributed by atoms with E-state index in [-0.39, 0.29) is 28.3 Å². The van der Waals surface area contributed by atoms with Gasteiger partial charge in [-0.3, -0.25) is 0 Å². The molecule has 0 spiro atoms. The molecule has 5 heterocycles. The fraction of sp³-hybridized carbons (Fsp3) is 0.305. The summed E-state index contributed by atoms with van der Waals surface area (Å²) in [7, 11) is 0. The van der Waals surface area contributed by atoms with Gasteiger partial charge in [0.1, 0.15) is 0 Å². The number of fused-ring (bicyclic) bond motifs is 8. The zero-order valence-electron chi connectivity index (χ0n) is 40.4. The average molecular weight is 859 g/mol. The molecule has 0 saturated carbocycles. The Bertz CT molecular complexity index is 3030. The monoisotopic (exact) mass is 858 g/mol. The maximum absolute atomic E-state index is 13.8. The van der Waals surface area contributed by atoms with Gasteiger partial charge in [0.2, 0.25) is 0 Å². The molecule has 2 N–H and O–H groups in total. The fourth-order valence-corrected chi connectivity index (χ4v) is 8.61. The number of rotatable bonds is 5. The Balaban J connectivity index is 1.59. The van der Waals surface area contributed by atoms with Crippen LogP contribution in [0.2, 0.25) is 0 Å². The van der Waals surface area contributed by atoms with Crippen molar-refractivity contribution in [3.63, 3.8) is 0 Å². The molecule has 8 rings (SSSR count). The van der Waals surface area contributed by atoms with Crippen molar-refractivity contribution in [2.75, 3.05) is 6.61 Å². The van der Waals surface area contributed by atoms with Crippen molar-refractivity contribution in [3.05, 3.63) is 141 Å². The lowest BCUT2D eigenvalue weighted by Gasteiger charge is -2.26. The van der Waals surface area contributed by atoms with Gasteiger partial charge in [0.15, 0.2) is 0 Å². The van der Waals surface area contributed by atoms with E-state index >= 15 is 0 Å². The molecule has 0 amide bonds. The Morgan fingerprint density at radius 3 is 1.37 bits per heavy atom. The number of ether oxygens (including phenoxy) is 1. The summed E-state index contributed by atoms with van der Waals surface area (Å²) in [6.07, 6.45) is 14.7. The second kappa shape index (κ2) is 16.4. The molecule has 65 heavy (non-hydrogen) atoms. The lowest BCUT2D eigenvalue weighted by molar-refractivity contribution is 0.0527. The van der Waals surface area contributed by atoms with Crippen LogP contribution in [0.3, 0.4) is 0 Å². The molecular weight excluding hydrogens is 797 g/mol. The van der Waals surface area contributed by atoms with E-state index in [0.717, 1.165) is 61.3 Å². The lowest BCUT2D eigenvalue weighted by Crippen LogP contribution is -2.16. The van der Waals surface area contributed by atoms with Crippen molar-refractivity contribution in [3.8, 4) is 45.7 Å². The van der Waals surface area contributed by atoms with Crippen LogP contribution in [0, 0.1) is 12.3 Å². The van der Waals surface area contributed by atoms with Crippen LogP contribution in [0.5, 0.6) is 0 Å². The quantitative estimate of drug-likeness (QED) is 0.133. The molecule has 330 valence electrons. The van der Waals surface area contributed by atoms with E-state index in [2.05, 4.69) is 178 Å². The molecule has 2 aliphatic heterocycles. The van der Waals surface area contributed by atoms with Crippen molar-refractivity contribution >= 4 is 52.3 Å². The molecule has 0 radical (unpaired) electrons. The van der Waals surface area contributed by atoms with E-state index in [4.69, 9.17) is 21.1 Å². The number of H-pyrrole nitrogens is 2. The van der Waals surface area contributed by atoms with Gasteiger partial charge in [-0.1, -0.05) is 144 Å². The van der Waals surface area contributed by atoms with Gasteiger partial charge in [0.05, 0.1) is 46.0 Å². The summed E-state index contributed by atoms with van der Waals surface area (Å²) in [5.41, 5.74) is 17.3. The maximum Gasteiger partial charge on any atom is 0.338 e. The highest BCUT2D eigenvalue weighted by molar-refractivity contribution is 6.04. The first kappa shape index (κ1) is 44.9. The maximum atomic E-state index is 13.8. The van der Waals surface area contributed by atoms with Crippen LogP contribution in [-0.4, -0.2) is 32.5 Å². The lowest BCUT2D eigenvalue weighted by atomic mass is 9.78. The van der Waals surface area contributed by atoms with Gasteiger partial charge in [-0.25, -0.2) is 14.8 Å². The Morgan fingerprint density at radius 2 is 0.923 bits per heavy atom. The van der Waals surface area contributed by atoms with Gasteiger partial charge in [-0.2, -0.15) is 0 Å². The Morgan fingerprint density at radius 1 is 0.538 bits per heavy atom. The Kier molecular flexibility index (Phi) is 11.3. The Hall–Kier alpha value is -6.71. The molecule has 0 fully saturated rings. The zero-order valence-corrected chi connectivity index (χ0v) is 40.4. The van der Waals surface area contributed by atoms with Gasteiger partial charge >= 0.3 is 5.97 Å². The number of terminal acetylenes is 1. The molecule has 0 saturated heterocycles. The number of carbonyl (C=O) groups excluding carboxylic acids is 1. The third-order valence-electron chi connectivity index (χ3n) is 12.5. The van der Waals surface area contributed by atoms with Crippen molar-refractivity contribution in [2.24, 2.45) is 0 Å². The molecule has 0 unspecified atom stereocenters. The first-order valence-electron chi connectivity index (χ1n) is 22.8. The van der Waals surface area contributed by atoms with E-state index in [1.807, 2.05) is 37.3 Å². The number of aromatic amines is 2. The van der Waals surface area contributed by atoms with Gasteiger partial charge in [0, 0.05) is 38.8 Å². The smallest absolute Gasteiger partial charge is 0.338 e. The van der Waals surface area contributed by atoms with Crippen LogP contribution >= 0.6 is 0 Å². The van der Waals surface area contributed by atoms with Crippen LogP contribution in [-0.2, 0) is 26.4 Å². The number of nitrogens with zero attached hydrogens (tertiary/aromatic N) is 2. The van der Waals surface area contributed by atoms with Crippen LogP contribution in [0.15, 0.2) is 84.9 Å². The summed E-state index contributed by atoms with van der Waals surface area (Å²) in [6.45, 7) is 29.1. The number of esters is 1. The Labute approximate surface area is 385 Å². The van der Waals surface area contributed by atoms with Gasteiger partial charge in [-0.15, -0.1) is 6.42 Å². The molecule has 8 bridgehead atoms. The van der Waals surface area contributed by atoms with Gasteiger partial charge in [0.25, 0.3) is 0 Å². The largest absolute Gasteiger partial charge is 0.462 e. The predicted molar refractivity (Wildman–Crippen MR) is 274 cm³/mol. The van der Waals surface area contributed by atoms with Crippen LogP contribution in [0.25, 0.3) is 79.8 Å². The van der Waals surface area contributed by atoms with E-state index in [1.54, 1.807) is 0 Å². The van der Waals surface area contributed by atoms with Crippen molar-refractivity contribution in [1.29, 1.82) is 0 Å². The number of benzene rings is 3. The molecule has 6 aromatic rings. The summed E-state index contributed by atoms with van der Waals surface area (Å²) in [5.74, 6) is 2.62. The minimum Gasteiger partial charge on any atom is -0.462 e. The number of aromatic nitrogens is 4. The first-order valence-corrected chi connectivity index (χ1v) is 22.8. The minimum absolute atomic E-state index is 0.118. The van der Waals surface area contributed by atoms with E-state index < -0.39 is 5.97 Å². The molecule has 2 aliphatic rings. The van der Waals surface area contributed by atoms with Crippen LogP contribution < -0.4 is 0 Å². The molecular formula is C59H62N4O2.